The zero-order valence-electron chi connectivity index (χ0n) is 11.0. The number of hydrogen-bond donors (Lipinski definition) is 2. The average molecular weight is 261 g/mol. The van der Waals surface area contributed by atoms with Crippen molar-refractivity contribution in [1.29, 1.82) is 0 Å². The number of amides is 2. The molecule has 102 valence electrons. The van der Waals surface area contributed by atoms with Crippen molar-refractivity contribution in [3.63, 3.8) is 0 Å². The standard InChI is InChI=1S/C14H19N3O2/c1-9-2-4-10(5-3-9)12(15)14(19)17-7-6-11(8-17)13(16)18/h2-5,11-12H,6-8,15H2,1H3,(H2,16,18). The van der Waals surface area contributed by atoms with E-state index < -0.39 is 6.04 Å². The fourth-order valence-electron chi connectivity index (χ4n) is 2.31. The maximum Gasteiger partial charge on any atom is 0.244 e. The highest BCUT2D eigenvalue weighted by atomic mass is 16.2. The van der Waals surface area contributed by atoms with E-state index in [2.05, 4.69) is 0 Å². The third-order valence-electron chi connectivity index (χ3n) is 3.60. The van der Waals surface area contributed by atoms with Gasteiger partial charge < -0.3 is 16.4 Å². The van der Waals surface area contributed by atoms with Gasteiger partial charge in [0.1, 0.15) is 6.04 Å². The van der Waals surface area contributed by atoms with Gasteiger partial charge in [0.15, 0.2) is 0 Å². The first-order chi connectivity index (χ1) is 8.99. The molecule has 19 heavy (non-hydrogen) atoms. The summed E-state index contributed by atoms with van der Waals surface area (Å²) in [5.74, 6) is -0.735. The maximum atomic E-state index is 12.2. The lowest BCUT2D eigenvalue weighted by atomic mass is 10.0. The Morgan fingerprint density at radius 1 is 1.32 bits per heavy atom. The Bertz CT molecular complexity index is 484. The molecule has 2 rings (SSSR count). The van der Waals surface area contributed by atoms with E-state index in [1.165, 1.54) is 0 Å². The number of primary amides is 1. The van der Waals surface area contributed by atoms with Crippen LogP contribution in [0.2, 0.25) is 0 Å². The topological polar surface area (TPSA) is 89.4 Å². The normalized spacial score (nSPS) is 20.3. The van der Waals surface area contributed by atoms with Crippen molar-refractivity contribution >= 4 is 11.8 Å². The predicted octanol–water partition coefficient (Wildman–Crippen LogP) is 0.329. The summed E-state index contributed by atoms with van der Waals surface area (Å²) in [6.45, 7) is 2.91. The number of nitrogens with zero attached hydrogens (tertiary/aromatic N) is 1. The predicted molar refractivity (Wildman–Crippen MR) is 72.0 cm³/mol. The molecular formula is C14H19N3O2. The lowest BCUT2D eigenvalue weighted by Gasteiger charge is -2.21. The minimum atomic E-state index is -0.674. The van der Waals surface area contributed by atoms with Crippen LogP contribution in [0.1, 0.15) is 23.6 Å². The first-order valence-electron chi connectivity index (χ1n) is 6.39. The number of carbonyl (C=O) groups excluding carboxylic acids is 2. The molecule has 0 spiro atoms. The van der Waals surface area contributed by atoms with Crippen molar-refractivity contribution in [2.24, 2.45) is 17.4 Å². The Balaban J connectivity index is 2.04. The molecule has 1 saturated heterocycles. The van der Waals surface area contributed by atoms with Gasteiger partial charge in [-0.1, -0.05) is 29.8 Å². The molecule has 1 heterocycles. The van der Waals surface area contributed by atoms with Crippen LogP contribution in [0.25, 0.3) is 0 Å². The summed E-state index contributed by atoms with van der Waals surface area (Å²) in [7, 11) is 0. The zero-order chi connectivity index (χ0) is 14.0. The molecule has 0 aliphatic carbocycles. The molecule has 5 nitrogen and oxygen atoms in total. The highest BCUT2D eigenvalue weighted by Gasteiger charge is 2.32. The lowest BCUT2D eigenvalue weighted by molar-refractivity contribution is -0.132. The van der Waals surface area contributed by atoms with Gasteiger partial charge >= 0.3 is 0 Å². The van der Waals surface area contributed by atoms with Crippen LogP contribution >= 0.6 is 0 Å². The molecule has 1 fully saturated rings. The average Bonchev–Trinajstić information content (AvgIpc) is 2.87. The molecule has 0 aromatic heterocycles. The van der Waals surface area contributed by atoms with Crippen LogP contribution in [0.4, 0.5) is 0 Å². The first-order valence-corrected chi connectivity index (χ1v) is 6.39. The zero-order valence-corrected chi connectivity index (χ0v) is 11.0. The fraction of sp³-hybridized carbons (Fsp3) is 0.429. The summed E-state index contributed by atoms with van der Waals surface area (Å²) in [6.07, 6.45) is 0.627. The monoisotopic (exact) mass is 261 g/mol. The maximum absolute atomic E-state index is 12.2. The Labute approximate surface area is 112 Å². The van der Waals surface area contributed by atoms with Gasteiger partial charge in [0.2, 0.25) is 11.8 Å². The van der Waals surface area contributed by atoms with E-state index in [9.17, 15) is 9.59 Å². The molecule has 2 amide bonds. The SMILES string of the molecule is Cc1ccc(C(N)C(=O)N2CCC(C(N)=O)C2)cc1. The van der Waals surface area contributed by atoms with Gasteiger partial charge in [0.25, 0.3) is 0 Å². The van der Waals surface area contributed by atoms with Crippen molar-refractivity contribution in [2.45, 2.75) is 19.4 Å². The Kier molecular flexibility index (Phi) is 3.85. The molecule has 1 aromatic carbocycles. The quantitative estimate of drug-likeness (QED) is 0.821. The van der Waals surface area contributed by atoms with Crippen molar-refractivity contribution in [3.05, 3.63) is 35.4 Å². The number of rotatable bonds is 3. The van der Waals surface area contributed by atoms with Crippen LogP contribution in [0, 0.1) is 12.8 Å². The van der Waals surface area contributed by atoms with Gasteiger partial charge in [-0.25, -0.2) is 0 Å². The second-order valence-corrected chi connectivity index (χ2v) is 5.06. The second-order valence-electron chi connectivity index (χ2n) is 5.06. The van der Waals surface area contributed by atoms with E-state index in [1.54, 1.807) is 4.90 Å². The van der Waals surface area contributed by atoms with Gasteiger partial charge in [-0.15, -0.1) is 0 Å². The molecule has 2 unspecified atom stereocenters. The molecule has 0 bridgehead atoms. The van der Waals surface area contributed by atoms with Crippen molar-refractivity contribution in [2.75, 3.05) is 13.1 Å². The second kappa shape index (κ2) is 5.40. The number of carbonyl (C=O) groups is 2. The Morgan fingerprint density at radius 2 is 1.95 bits per heavy atom. The summed E-state index contributed by atoms with van der Waals surface area (Å²) >= 11 is 0. The molecule has 0 radical (unpaired) electrons. The van der Waals surface area contributed by atoms with E-state index >= 15 is 0 Å². The number of likely N-dealkylation sites (tertiary alicyclic amines) is 1. The molecule has 4 N–H and O–H groups in total. The number of hydrogen-bond acceptors (Lipinski definition) is 3. The smallest absolute Gasteiger partial charge is 0.244 e. The van der Waals surface area contributed by atoms with Crippen LogP contribution in [0.5, 0.6) is 0 Å². The molecule has 2 atom stereocenters. The summed E-state index contributed by atoms with van der Waals surface area (Å²) < 4.78 is 0. The Hall–Kier alpha value is -1.88. The van der Waals surface area contributed by atoms with E-state index in [-0.39, 0.29) is 17.7 Å². The van der Waals surface area contributed by atoms with Gasteiger partial charge in [-0.05, 0) is 18.9 Å². The van der Waals surface area contributed by atoms with E-state index in [0.717, 1.165) is 11.1 Å². The van der Waals surface area contributed by atoms with Crippen molar-refractivity contribution in [1.82, 2.24) is 4.90 Å². The molecule has 0 saturated carbocycles. The van der Waals surface area contributed by atoms with E-state index in [0.29, 0.717) is 19.5 Å². The summed E-state index contributed by atoms with van der Waals surface area (Å²) in [4.78, 5) is 25.0. The minimum absolute atomic E-state index is 0.146. The summed E-state index contributed by atoms with van der Waals surface area (Å²) in [5, 5.41) is 0. The van der Waals surface area contributed by atoms with Gasteiger partial charge in [0.05, 0.1) is 5.92 Å². The lowest BCUT2D eigenvalue weighted by Crippen LogP contribution is -2.38. The molecule has 1 aliphatic heterocycles. The van der Waals surface area contributed by atoms with Crippen molar-refractivity contribution < 1.29 is 9.59 Å². The number of nitrogens with two attached hydrogens (primary N) is 2. The van der Waals surface area contributed by atoms with Gasteiger partial charge in [-0.2, -0.15) is 0 Å². The van der Waals surface area contributed by atoms with Crippen LogP contribution < -0.4 is 11.5 Å². The third kappa shape index (κ3) is 2.93. The van der Waals surface area contributed by atoms with Crippen molar-refractivity contribution in [3.8, 4) is 0 Å². The highest BCUT2D eigenvalue weighted by molar-refractivity contribution is 5.85. The molecule has 5 heteroatoms. The molecular weight excluding hydrogens is 242 g/mol. The molecule has 1 aromatic rings. The van der Waals surface area contributed by atoms with Crippen LogP contribution in [-0.4, -0.2) is 29.8 Å². The van der Waals surface area contributed by atoms with Crippen LogP contribution in [0.15, 0.2) is 24.3 Å². The first kappa shape index (κ1) is 13.5. The van der Waals surface area contributed by atoms with Gasteiger partial charge in [0, 0.05) is 13.1 Å². The summed E-state index contributed by atoms with van der Waals surface area (Å²) in [6, 6.07) is 6.91. The van der Waals surface area contributed by atoms with Crippen LogP contribution in [0.3, 0.4) is 0 Å². The molecule has 1 aliphatic rings. The number of aryl methyl sites for hydroxylation is 1. The fourth-order valence-corrected chi connectivity index (χ4v) is 2.31. The minimum Gasteiger partial charge on any atom is -0.369 e. The van der Waals surface area contributed by atoms with E-state index in [1.807, 2.05) is 31.2 Å². The Morgan fingerprint density at radius 3 is 2.47 bits per heavy atom. The number of benzene rings is 1. The van der Waals surface area contributed by atoms with Gasteiger partial charge in [-0.3, -0.25) is 9.59 Å². The van der Waals surface area contributed by atoms with E-state index in [4.69, 9.17) is 11.5 Å². The largest absolute Gasteiger partial charge is 0.369 e. The third-order valence-corrected chi connectivity index (χ3v) is 3.60. The van der Waals surface area contributed by atoms with Crippen LogP contribution in [-0.2, 0) is 9.59 Å². The highest BCUT2D eigenvalue weighted by Crippen LogP contribution is 2.20. The summed E-state index contributed by atoms with van der Waals surface area (Å²) in [5.41, 5.74) is 13.2.